The number of methoxy groups -OCH3 is 2. The van der Waals surface area contributed by atoms with Crippen LogP contribution in [-0.4, -0.2) is 45.7 Å². The topological polar surface area (TPSA) is 50.8 Å². The molecule has 0 aliphatic heterocycles. The first-order valence-corrected chi connectivity index (χ1v) is 9.10. The van der Waals surface area contributed by atoms with Crippen molar-refractivity contribution < 1.29 is 14.3 Å². The highest BCUT2D eigenvalue weighted by molar-refractivity contribution is 7.09. The van der Waals surface area contributed by atoms with E-state index in [4.69, 9.17) is 9.47 Å². The summed E-state index contributed by atoms with van der Waals surface area (Å²) in [5, 5.41) is 5.08. The summed E-state index contributed by atoms with van der Waals surface area (Å²) >= 11 is 1.68. The lowest BCUT2D eigenvalue weighted by Gasteiger charge is -2.26. The van der Waals surface area contributed by atoms with E-state index in [1.807, 2.05) is 43.7 Å². The molecule has 0 spiro atoms. The van der Waals surface area contributed by atoms with Gasteiger partial charge in [-0.3, -0.25) is 4.79 Å². The molecule has 2 rings (SSSR count). The van der Waals surface area contributed by atoms with E-state index in [0.717, 1.165) is 12.0 Å². The van der Waals surface area contributed by atoms with Crippen LogP contribution in [0, 0.1) is 0 Å². The van der Waals surface area contributed by atoms with Gasteiger partial charge in [-0.15, -0.1) is 11.3 Å². The Morgan fingerprint density at radius 2 is 1.96 bits per heavy atom. The Bertz CT molecular complexity index is 671. The minimum atomic E-state index is 0.0606. The lowest BCUT2D eigenvalue weighted by Crippen LogP contribution is -2.34. The number of carbonyl (C=O) groups is 1. The normalized spacial score (nSPS) is 12.0. The van der Waals surface area contributed by atoms with Crippen molar-refractivity contribution in [2.75, 3.05) is 34.9 Å². The number of likely N-dealkylation sites (N-methyl/N-ethyl adjacent to an activating group) is 1. The second kappa shape index (κ2) is 9.44. The predicted molar refractivity (Wildman–Crippen MR) is 102 cm³/mol. The van der Waals surface area contributed by atoms with Crippen LogP contribution < -0.4 is 14.8 Å². The minimum Gasteiger partial charge on any atom is -0.493 e. The Labute approximate surface area is 153 Å². The fourth-order valence-corrected chi connectivity index (χ4v) is 3.36. The molecule has 1 atom stereocenters. The molecular weight excluding hydrogens is 336 g/mol. The van der Waals surface area contributed by atoms with E-state index in [-0.39, 0.29) is 11.9 Å². The van der Waals surface area contributed by atoms with E-state index < -0.39 is 0 Å². The molecule has 0 radical (unpaired) electrons. The van der Waals surface area contributed by atoms with Gasteiger partial charge >= 0.3 is 0 Å². The summed E-state index contributed by atoms with van der Waals surface area (Å²) in [6.07, 6.45) is 1.29. The SMILES string of the molecule is COc1ccc(C(CNC(=O)CCc2cccs2)N(C)C)cc1OC. The highest BCUT2D eigenvalue weighted by atomic mass is 32.1. The van der Waals surface area contributed by atoms with Crippen LogP contribution >= 0.6 is 11.3 Å². The molecule has 1 N–H and O–H groups in total. The standard InChI is InChI=1S/C19H26N2O3S/c1-21(2)16(14-7-9-17(23-3)18(12-14)24-4)13-20-19(22)10-8-15-6-5-11-25-15/h5-7,9,11-12,16H,8,10,13H2,1-4H3,(H,20,22). The molecule has 1 unspecified atom stereocenters. The summed E-state index contributed by atoms with van der Waals surface area (Å²) in [6, 6.07) is 9.99. The van der Waals surface area contributed by atoms with Gasteiger partial charge in [0, 0.05) is 17.8 Å². The number of thiophene rings is 1. The van der Waals surface area contributed by atoms with E-state index in [1.165, 1.54) is 4.88 Å². The average molecular weight is 362 g/mol. The number of nitrogens with one attached hydrogen (secondary N) is 1. The Hall–Kier alpha value is -2.05. The van der Waals surface area contributed by atoms with Crippen molar-refractivity contribution in [3.8, 4) is 11.5 Å². The van der Waals surface area contributed by atoms with Crippen LogP contribution in [0.15, 0.2) is 35.7 Å². The number of rotatable bonds is 9. The summed E-state index contributed by atoms with van der Waals surface area (Å²) in [5.74, 6) is 1.46. The number of aryl methyl sites for hydroxylation is 1. The van der Waals surface area contributed by atoms with Gasteiger partial charge in [0.05, 0.1) is 20.3 Å². The zero-order valence-electron chi connectivity index (χ0n) is 15.2. The van der Waals surface area contributed by atoms with Crippen LogP contribution in [0.3, 0.4) is 0 Å². The quantitative estimate of drug-likeness (QED) is 0.745. The highest BCUT2D eigenvalue weighted by Gasteiger charge is 2.17. The van der Waals surface area contributed by atoms with Crippen molar-refractivity contribution in [1.29, 1.82) is 0 Å². The van der Waals surface area contributed by atoms with E-state index in [9.17, 15) is 4.79 Å². The van der Waals surface area contributed by atoms with Crippen LogP contribution in [0.2, 0.25) is 0 Å². The van der Waals surface area contributed by atoms with Gasteiger partial charge < -0.3 is 19.7 Å². The summed E-state index contributed by atoms with van der Waals surface area (Å²) in [6.45, 7) is 0.547. The van der Waals surface area contributed by atoms with Crippen molar-refractivity contribution in [2.45, 2.75) is 18.9 Å². The Morgan fingerprint density at radius 3 is 2.56 bits per heavy atom. The third kappa shape index (κ3) is 5.47. The molecule has 0 bridgehead atoms. The van der Waals surface area contributed by atoms with Gasteiger partial charge in [-0.25, -0.2) is 0 Å². The van der Waals surface area contributed by atoms with Gasteiger partial charge in [0.15, 0.2) is 11.5 Å². The fraction of sp³-hybridized carbons (Fsp3) is 0.421. The molecule has 0 saturated heterocycles. The van der Waals surface area contributed by atoms with E-state index >= 15 is 0 Å². The van der Waals surface area contributed by atoms with Gasteiger partial charge in [0.1, 0.15) is 0 Å². The third-order valence-corrected chi connectivity index (χ3v) is 5.02. The number of hydrogen-bond acceptors (Lipinski definition) is 5. The second-order valence-electron chi connectivity index (χ2n) is 5.98. The van der Waals surface area contributed by atoms with Crippen LogP contribution in [0.4, 0.5) is 0 Å². The molecule has 6 heteroatoms. The van der Waals surface area contributed by atoms with Gasteiger partial charge in [-0.05, 0) is 49.7 Å². The van der Waals surface area contributed by atoms with Crippen molar-refractivity contribution >= 4 is 17.2 Å². The van der Waals surface area contributed by atoms with Crippen molar-refractivity contribution in [1.82, 2.24) is 10.2 Å². The smallest absolute Gasteiger partial charge is 0.220 e. The van der Waals surface area contributed by atoms with Crippen molar-refractivity contribution in [3.05, 3.63) is 46.2 Å². The summed E-state index contributed by atoms with van der Waals surface area (Å²) in [7, 11) is 7.24. The molecule has 136 valence electrons. The number of benzene rings is 1. The van der Waals surface area contributed by atoms with Gasteiger partial charge in [0.25, 0.3) is 0 Å². The maximum Gasteiger partial charge on any atom is 0.220 e. The number of nitrogens with zero attached hydrogens (tertiary/aromatic N) is 1. The van der Waals surface area contributed by atoms with Gasteiger partial charge in [0.2, 0.25) is 5.91 Å². The maximum atomic E-state index is 12.2. The number of hydrogen-bond donors (Lipinski definition) is 1. The van der Waals surface area contributed by atoms with Crippen LogP contribution in [0.1, 0.15) is 22.9 Å². The van der Waals surface area contributed by atoms with Crippen molar-refractivity contribution in [3.63, 3.8) is 0 Å². The molecule has 1 aromatic carbocycles. The summed E-state index contributed by atoms with van der Waals surface area (Å²) < 4.78 is 10.7. The summed E-state index contributed by atoms with van der Waals surface area (Å²) in [5.41, 5.74) is 1.07. The lowest BCUT2D eigenvalue weighted by atomic mass is 10.0. The molecule has 0 fully saturated rings. The number of carbonyl (C=O) groups excluding carboxylic acids is 1. The molecule has 5 nitrogen and oxygen atoms in total. The number of amides is 1. The first-order valence-electron chi connectivity index (χ1n) is 8.22. The first-order chi connectivity index (χ1) is 12.0. The molecule has 0 saturated carbocycles. The highest BCUT2D eigenvalue weighted by Crippen LogP contribution is 2.31. The van der Waals surface area contributed by atoms with E-state index in [1.54, 1.807) is 25.6 Å². The van der Waals surface area contributed by atoms with E-state index in [0.29, 0.717) is 24.5 Å². The predicted octanol–water partition coefficient (Wildman–Crippen LogP) is 3.12. The first kappa shape index (κ1) is 19.3. The molecule has 1 amide bonds. The van der Waals surface area contributed by atoms with E-state index in [2.05, 4.69) is 16.3 Å². The maximum absolute atomic E-state index is 12.2. The molecular formula is C19H26N2O3S. The van der Waals surface area contributed by atoms with Crippen LogP contribution in [-0.2, 0) is 11.2 Å². The molecule has 1 aromatic heterocycles. The number of ether oxygens (including phenoxy) is 2. The van der Waals surface area contributed by atoms with Gasteiger partial charge in [-0.1, -0.05) is 12.1 Å². The Balaban J connectivity index is 1.97. The molecule has 2 aromatic rings. The molecule has 25 heavy (non-hydrogen) atoms. The summed E-state index contributed by atoms with van der Waals surface area (Å²) in [4.78, 5) is 15.5. The molecule has 0 aliphatic carbocycles. The lowest BCUT2D eigenvalue weighted by molar-refractivity contribution is -0.121. The fourth-order valence-electron chi connectivity index (χ4n) is 2.65. The largest absolute Gasteiger partial charge is 0.493 e. The Kier molecular flexibility index (Phi) is 7.28. The zero-order valence-corrected chi connectivity index (χ0v) is 16.1. The Morgan fingerprint density at radius 1 is 1.20 bits per heavy atom. The van der Waals surface area contributed by atoms with Gasteiger partial charge in [-0.2, -0.15) is 0 Å². The zero-order chi connectivity index (χ0) is 18.2. The molecule has 0 aliphatic rings. The average Bonchev–Trinajstić information content (AvgIpc) is 3.13. The second-order valence-corrected chi connectivity index (χ2v) is 7.01. The van der Waals surface area contributed by atoms with Crippen LogP contribution in [0.5, 0.6) is 11.5 Å². The minimum absolute atomic E-state index is 0.0606. The van der Waals surface area contributed by atoms with Crippen molar-refractivity contribution in [2.24, 2.45) is 0 Å². The monoisotopic (exact) mass is 362 g/mol. The van der Waals surface area contributed by atoms with Crippen LogP contribution in [0.25, 0.3) is 0 Å². The third-order valence-electron chi connectivity index (χ3n) is 4.09. The molecule has 1 heterocycles.